The molecule has 1 aliphatic heterocycles. The maximum Gasteiger partial charge on any atom is 0.417 e. The van der Waals surface area contributed by atoms with E-state index < -0.39 is 29.7 Å². The summed E-state index contributed by atoms with van der Waals surface area (Å²) in [5.41, 5.74) is -0.783. The minimum absolute atomic E-state index is 0.402. The second-order valence-electron chi connectivity index (χ2n) is 5.67. The van der Waals surface area contributed by atoms with Crippen molar-refractivity contribution >= 4 is 17.8 Å². The third-order valence-corrected chi connectivity index (χ3v) is 4.10. The van der Waals surface area contributed by atoms with Gasteiger partial charge in [0.2, 0.25) is 5.91 Å². The van der Waals surface area contributed by atoms with Gasteiger partial charge in [-0.25, -0.2) is 9.78 Å². The van der Waals surface area contributed by atoms with Crippen LogP contribution < -0.4 is 15.5 Å². The lowest BCUT2D eigenvalue weighted by molar-refractivity contribution is -0.137. The standard InChI is InChI=1S/C15H20F3N5O2/c1-10(13(24)21-14(25)19-2)22-5-7-23(8-6-22)12-4-3-11(9-20-12)15(16,17)18/h3-4,9-10H,5-8H2,1-2H3,(H2,19,21,24,25). The van der Waals surface area contributed by atoms with Crippen molar-refractivity contribution in [1.29, 1.82) is 0 Å². The van der Waals surface area contributed by atoms with E-state index in [4.69, 9.17) is 0 Å². The molecule has 2 heterocycles. The fourth-order valence-corrected chi connectivity index (χ4v) is 2.52. The summed E-state index contributed by atoms with van der Waals surface area (Å²) in [7, 11) is 1.42. The van der Waals surface area contributed by atoms with Crippen LogP contribution in [-0.4, -0.2) is 61.1 Å². The highest BCUT2D eigenvalue weighted by molar-refractivity contribution is 5.96. The lowest BCUT2D eigenvalue weighted by atomic mass is 10.2. The Morgan fingerprint density at radius 2 is 1.84 bits per heavy atom. The Kier molecular flexibility index (Phi) is 5.83. The summed E-state index contributed by atoms with van der Waals surface area (Å²) in [6.45, 7) is 3.81. The smallest absolute Gasteiger partial charge is 0.354 e. The van der Waals surface area contributed by atoms with Gasteiger partial charge in [0.25, 0.3) is 0 Å². The van der Waals surface area contributed by atoms with Gasteiger partial charge in [-0.05, 0) is 19.1 Å². The first-order valence-corrected chi connectivity index (χ1v) is 7.77. The lowest BCUT2D eigenvalue weighted by Crippen LogP contribution is -2.55. The molecule has 138 valence electrons. The molecule has 1 saturated heterocycles. The first-order valence-electron chi connectivity index (χ1n) is 7.77. The van der Waals surface area contributed by atoms with Crippen LogP contribution >= 0.6 is 0 Å². The maximum absolute atomic E-state index is 12.6. The molecule has 0 radical (unpaired) electrons. The third-order valence-electron chi connectivity index (χ3n) is 4.10. The molecule has 10 heteroatoms. The van der Waals surface area contributed by atoms with Crippen molar-refractivity contribution in [2.75, 3.05) is 38.1 Å². The van der Waals surface area contributed by atoms with Crippen LogP contribution in [-0.2, 0) is 11.0 Å². The van der Waals surface area contributed by atoms with Crippen LogP contribution in [0.5, 0.6) is 0 Å². The number of hydrogen-bond donors (Lipinski definition) is 2. The molecule has 1 aromatic heterocycles. The number of piperazine rings is 1. The second kappa shape index (κ2) is 7.68. The Morgan fingerprint density at radius 1 is 1.20 bits per heavy atom. The zero-order valence-electron chi connectivity index (χ0n) is 13.9. The second-order valence-corrected chi connectivity index (χ2v) is 5.67. The molecule has 3 amide bonds. The molecule has 0 aromatic carbocycles. The van der Waals surface area contributed by atoms with E-state index in [1.54, 1.807) is 6.92 Å². The number of aromatic nitrogens is 1. The minimum Gasteiger partial charge on any atom is -0.354 e. The van der Waals surface area contributed by atoms with E-state index in [2.05, 4.69) is 15.6 Å². The predicted molar refractivity (Wildman–Crippen MR) is 85.1 cm³/mol. The van der Waals surface area contributed by atoms with Crippen LogP contribution in [0, 0.1) is 0 Å². The van der Waals surface area contributed by atoms with Crippen molar-refractivity contribution < 1.29 is 22.8 Å². The average Bonchev–Trinajstić information content (AvgIpc) is 2.60. The van der Waals surface area contributed by atoms with Gasteiger partial charge in [0, 0.05) is 39.4 Å². The zero-order chi connectivity index (χ0) is 18.6. The predicted octanol–water partition coefficient (Wildman–Crippen LogP) is 1.07. The number of carbonyl (C=O) groups excluding carboxylic acids is 2. The summed E-state index contributed by atoms with van der Waals surface area (Å²) in [4.78, 5) is 30.8. The molecule has 2 rings (SSSR count). The number of nitrogens with one attached hydrogen (secondary N) is 2. The van der Waals surface area contributed by atoms with Crippen LogP contribution in [0.3, 0.4) is 0 Å². The van der Waals surface area contributed by atoms with Gasteiger partial charge >= 0.3 is 12.2 Å². The average molecular weight is 359 g/mol. The number of hydrogen-bond acceptors (Lipinski definition) is 5. The maximum atomic E-state index is 12.6. The molecule has 0 aliphatic carbocycles. The highest BCUT2D eigenvalue weighted by Gasteiger charge is 2.31. The molecule has 0 spiro atoms. The largest absolute Gasteiger partial charge is 0.417 e. The van der Waals surface area contributed by atoms with Crippen molar-refractivity contribution in [3.63, 3.8) is 0 Å². The van der Waals surface area contributed by atoms with Crippen molar-refractivity contribution in [2.45, 2.75) is 19.1 Å². The van der Waals surface area contributed by atoms with Gasteiger partial charge in [0.05, 0.1) is 11.6 Å². The topological polar surface area (TPSA) is 77.6 Å². The Hall–Kier alpha value is -2.36. The zero-order valence-corrected chi connectivity index (χ0v) is 13.9. The first kappa shape index (κ1) is 19.0. The number of imide groups is 1. The summed E-state index contributed by atoms with van der Waals surface area (Å²) < 4.78 is 37.7. The fourth-order valence-electron chi connectivity index (χ4n) is 2.52. The molecule has 25 heavy (non-hydrogen) atoms. The van der Waals surface area contributed by atoms with Crippen molar-refractivity contribution in [3.05, 3.63) is 23.9 Å². The molecule has 0 saturated carbocycles. The highest BCUT2D eigenvalue weighted by atomic mass is 19.4. The number of alkyl halides is 3. The number of rotatable bonds is 3. The first-order chi connectivity index (χ1) is 11.7. The summed E-state index contributed by atoms with van der Waals surface area (Å²) in [6.07, 6.45) is -3.58. The van der Waals surface area contributed by atoms with E-state index in [0.29, 0.717) is 32.0 Å². The van der Waals surface area contributed by atoms with Gasteiger partial charge in [0.1, 0.15) is 5.82 Å². The highest BCUT2D eigenvalue weighted by Crippen LogP contribution is 2.29. The number of halogens is 3. The van der Waals surface area contributed by atoms with Gasteiger partial charge in [-0.3, -0.25) is 15.0 Å². The quantitative estimate of drug-likeness (QED) is 0.844. The molecule has 1 aromatic rings. The number of nitrogens with zero attached hydrogens (tertiary/aromatic N) is 3. The number of urea groups is 1. The van der Waals surface area contributed by atoms with Crippen molar-refractivity contribution in [2.24, 2.45) is 0 Å². The van der Waals surface area contributed by atoms with Crippen molar-refractivity contribution in [3.8, 4) is 0 Å². The van der Waals surface area contributed by atoms with Gasteiger partial charge < -0.3 is 10.2 Å². The van der Waals surface area contributed by atoms with Crippen LogP contribution in [0.2, 0.25) is 0 Å². The number of amides is 3. The molecule has 2 N–H and O–H groups in total. The lowest BCUT2D eigenvalue weighted by Gasteiger charge is -2.37. The van der Waals surface area contributed by atoms with Crippen LogP contribution in [0.4, 0.5) is 23.8 Å². The Balaban J connectivity index is 1.91. The normalized spacial score (nSPS) is 17.1. The number of carbonyl (C=O) groups is 2. The van der Waals surface area contributed by atoms with Gasteiger partial charge in [-0.15, -0.1) is 0 Å². The molecular weight excluding hydrogens is 339 g/mol. The summed E-state index contributed by atoms with van der Waals surface area (Å²) in [5, 5.41) is 4.54. The minimum atomic E-state index is -4.40. The number of anilines is 1. The Labute approximate surface area is 143 Å². The van der Waals surface area contributed by atoms with E-state index in [1.807, 2.05) is 9.80 Å². The fraction of sp³-hybridized carbons (Fsp3) is 0.533. The molecule has 7 nitrogen and oxygen atoms in total. The summed E-state index contributed by atoms with van der Waals surface area (Å²) in [6, 6.07) is 1.30. The van der Waals surface area contributed by atoms with Gasteiger partial charge in [0.15, 0.2) is 0 Å². The van der Waals surface area contributed by atoms with E-state index in [9.17, 15) is 22.8 Å². The SMILES string of the molecule is CNC(=O)NC(=O)C(C)N1CCN(c2ccc(C(F)(F)F)cn2)CC1. The molecule has 1 atom stereocenters. The van der Waals surface area contributed by atoms with Crippen LogP contribution in [0.1, 0.15) is 12.5 Å². The Bertz CT molecular complexity index is 613. The van der Waals surface area contributed by atoms with E-state index in [-0.39, 0.29) is 0 Å². The summed E-state index contributed by atoms with van der Waals surface area (Å²) in [5.74, 6) is 0.0653. The third kappa shape index (κ3) is 4.81. The van der Waals surface area contributed by atoms with E-state index in [1.165, 1.54) is 13.1 Å². The van der Waals surface area contributed by atoms with E-state index >= 15 is 0 Å². The van der Waals surface area contributed by atoms with Crippen molar-refractivity contribution in [1.82, 2.24) is 20.5 Å². The summed E-state index contributed by atoms with van der Waals surface area (Å²) >= 11 is 0. The van der Waals surface area contributed by atoms with E-state index in [0.717, 1.165) is 12.3 Å². The molecule has 1 aliphatic rings. The van der Waals surface area contributed by atoms with Crippen LogP contribution in [0.25, 0.3) is 0 Å². The molecular formula is C15H20F3N5O2. The monoisotopic (exact) mass is 359 g/mol. The van der Waals surface area contributed by atoms with Crippen LogP contribution in [0.15, 0.2) is 18.3 Å². The van der Waals surface area contributed by atoms with Gasteiger partial charge in [-0.1, -0.05) is 0 Å². The molecule has 1 fully saturated rings. The molecule has 0 bridgehead atoms. The Morgan fingerprint density at radius 3 is 2.32 bits per heavy atom. The molecule has 1 unspecified atom stereocenters. The van der Waals surface area contributed by atoms with Gasteiger partial charge in [-0.2, -0.15) is 13.2 Å². The number of pyridine rings is 1.